The van der Waals surface area contributed by atoms with Crippen LogP contribution in [0.5, 0.6) is 0 Å². The fraction of sp³-hybridized carbons (Fsp3) is 0.269. The SMILES string of the molecule is CCc1ccc(N[C@H]2NC(=O)/C(=C/c3cc(C)n(-c4cc(C)ccc4C)c3C)S2)cc1. The van der Waals surface area contributed by atoms with E-state index in [9.17, 15) is 4.79 Å². The first-order valence-electron chi connectivity index (χ1n) is 10.7. The van der Waals surface area contributed by atoms with Crippen LogP contribution in [0.25, 0.3) is 11.8 Å². The van der Waals surface area contributed by atoms with Crippen molar-refractivity contribution in [2.45, 2.75) is 46.5 Å². The average molecular weight is 432 g/mol. The number of nitrogens with zero attached hydrogens (tertiary/aromatic N) is 1. The van der Waals surface area contributed by atoms with Crippen molar-refractivity contribution in [1.82, 2.24) is 9.88 Å². The fourth-order valence-corrected chi connectivity index (χ4v) is 4.94. The van der Waals surface area contributed by atoms with Gasteiger partial charge in [0.05, 0.1) is 4.91 Å². The summed E-state index contributed by atoms with van der Waals surface area (Å²) in [7, 11) is 0. The van der Waals surface area contributed by atoms with Crippen LogP contribution in [-0.4, -0.2) is 16.0 Å². The van der Waals surface area contributed by atoms with Gasteiger partial charge in [-0.1, -0.05) is 43.0 Å². The molecule has 1 fully saturated rings. The molecule has 1 amide bonds. The van der Waals surface area contributed by atoms with Crippen molar-refractivity contribution in [1.29, 1.82) is 0 Å². The van der Waals surface area contributed by atoms with Crippen LogP contribution in [0.3, 0.4) is 0 Å². The molecule has 2 aromatic carbocycles. The lowest BCUT2D eigenvalue weighted by Gasteiger charge is -2.13. The number of nitrogens with one attached hydrogen (secondary N) is 2. The zero-order valence-corrected chi connectivity index (χ0v) is 19.6. The quantitative estimate of drug-likeness (QED) is 0.497. The van der Waals surface area contributed by atoms with E-state index in [0.717, 1.165) is 34.0 Å². The molecule has 2 heterocycles. The summed E-state index contributed by atoms with van der Waals surface area (Å²) < 4.78 is 2.28. The molecule has 160 valence electrons. The monoisotopic (exact) mass is 431 g/mol. The summed E-state index contributed by atoms with van der Waals surface area (Å²) in [5.74, 6) is -0.0378. The van der Waals surface area contributed by atoms with Crippen LogP contribution >= 0.6 is 11.8 Å². The summed E-state index contributed by atoms with van der Waals surface area (Å²) in [6, 6.07) is 17.0. The highest BCUT2D eigenvalue weighted by molar-refractivity contribution is 8.05. The van der Waals surface area contributed by atoms with Gasteiger partial charge in [-0.2, -0.15) is 0 Å². The molecule has 1 saturated heterocycles. The number of carbonyl (C=O) groups is 1. The Balaban J connectivity index is 1.57. The number of anilines is 1. The van der Waals surface area contributed by atoms with Gasteiger partial charge >= 0.3 is 0 Å². The molecule has 31 heavy (non-hydrogen) atoms. The van der Waals surface area contributed by atoms with Crippen LogP contribution in [0.15, 0.2) is 53.4 Å². The van der Waals surface area contributed by atoms with Crippen molar-refractivity contribution in [2.75, 3.05) is 5.32 Å². The molecule has 0 bridgehead atoms. The number of benzene rings is 2. The van der Waals surface area contributed by atoms with Gasteiger partial charge in [0.2, 0.25) is 0 Å². The number of rotatable bonds is 5. The number of aryl methyl sites for hydroxylation is 4. The molecule has 3 aromatic rings. The number of carbonyl (C=O) groups excluding carboxylic acids is 1. The maximum Gasteiger partial charge on any atom is 0.260 e. The van der Waals surface area contributed by atoms with E-state index in [1.165, 1.54) is 34.1 Å². The van der Waals surface area contributed by atoms with E-state index in [1.807, 2.05) is 6.08 Å². The number of hydrogen-bond acceptors (Lipinski definition) is 3. The maximum absolute atomic E-state index is 12.6. The van der Waals surface area contributed by atoms with Gasteiger partial charge in [-0.3, -0.25) is 4.79 Å². The van der Waals surface area contributed by atoms with E-state index in [1.54, 1.807) is 0 Å². The minimum Gasteiger partial charge on any atom is -0.357 e. The second kappa shape index (κ2) is 8.67. The third-order valence-electron chi connectivity index (χ3n) is 5.75. The Morgan fingerprint density at radius 3 is 2.52 bits per heavy atom. The van der Waals surface area contributed by atoms with E-state index in [4.69, 9.17) is 0 Å². The largest absolute Gasteiger partial charge is 0.357 e. The fourth-order valence-electron chi connectivity index (χ4n) is 3.96. The molecule has 5 heteroatoms. The highest BCUT2D eigenvalue weighted by Gasteiger charge is 2.27. The highest BCUT2D eigenvalue weighted by atomic mass is 32.2. The van der Waals surface area contributed by atoms with E-state index >= 15 is 0 Å². The molecule has 4 nitrogen and oxygen atoms in total. The number of thioether (sulfide) groups is 1. The first kappa shape index (κ1) is 21.3. The molecule has 1 atom stereocenters. The molecule has 1 aliphatic rings. The average Bonchev–Trinajstić information content (AvgIpc) is 3.22. The van der Waals surface area contributed by atoms with Gasteiger partial charge < -0.3 is 15.2 Å². The van der Waals surface area contributed by atoms with Gasteiger partial charge in [0.15, 0.2) is 5.50 Å². The van der Waals surface area contributed by atoms with Crippen molar-refractivity contribution >= 4 is 29.4 Å². The van der Waals surface area contributed by atoms with Crippen LogP contribution in [0, 0.1) is 27.7 Å². The summed E-state index contributed by atoms with van der Waals surface area (Å²) in [5.41, 5.74) is 9.16. The molecule has 0 spiro atoms. The van der Waals surface area contributed by atoms with Crippen LogP contribution in [0.2, 0.25) is 0 Å². The van der Waals surface area contributed by atoms with Crippen molar-refractivity contribution in [3.63, 3.8) is 0 Å². The zero-order valence-electron chi connectivity index (χ0n) is 18.7. The number of hydrogen-bond donors (Lipinski definition) is 2. The van der Waals surface area contributed by atoms with Gasteiger partial charge in [0.1, 0.15) is 0 Å². The molecule has 4 rings (SSSR count). The van der Waals surface area contributed by atoms with Crippen molar-refractivity contribution in [3.8, 4) is 5.69 Å². The molecule has 0 radical (unpaired) electrons. The maximum atomic E-state index is 12.6. The van der Waals surface area contributed by atoms with Gasteiger partial charge in [0.25, 0.3) is 5.91 Å². The predicted molar refractivity (Wildman–Crippen MR) is 132 cm³/mol. The number of amides is 1. The summed E-state index contributed by atoms with van der Waals surface area (Å²) in [6.45, 7) is 10.6. The Bertz CT molecular complexity index is 1160. The van der Waals surface area contributed by atoms with Crippen LogP contribution in [0.1, 0.15) is 40.6 Å². The van der Waals surface area contributed by atoms with Crippen LogP contribution in [0.4, 0.5) is 5.69 Å². The summed E-state index contributed by atoms with van der Waals surface area (Å²) in [6.07, 6.45) is 3.02. The Hall–Kier alpha value is -2.92. The second-order valence-corrected chi connectivity index (χ2v) is 9.27. The normalized spacial score (nSPS) is 17.3. The lowest BCUT2D eigenvalue weighted by atomic mass is 10.1. The Labute approximate surface area is 188 Å². The van der Waals surface area contributed by atoms with E-state index < -0.39 is 0 Å². The zero-order chi connectivity index (χ0) is 22.1. The van der Waals surface area contributed by atoms with Gasteiger partial charge in [-0.25, -0.2) is 0 Å². The minimum atomic E-state index is -0.172. The molecular formula is C26H29N3OS. The van der Waals surface area contributed by atoms with Crippen molar-refractivity contribution < 1.29 is 4.79 Å². The first-order valence-corrected chi connectivity index (χ1v) is 11.5. The Morgan fingerprint density at radius 1 is 1.06 bits per heavy atom. The molecule has 0 aliphatic carbocycles. The number of aromatic nitrogens is 1. The standard InChI is InChI=1S/C26H29N3OS/c1-6-20-9-11-22(12-10-20)27-26-28-25(30)24(31-26)15-21-14-18(4)29(19(21)5)23-13-16(2)7-8-17(23)3/h7-15,26-27H,6H2,1-5H3,(H,28,30)/b24-15-/t26-/m0/s1. The summed E-state index contributed by atoms with van der Waals surface area (Å²) in [4.78, 5) is 13.3. The second-order valence-electron chi connectivity index (χ2n) is 8.13. The van der Waals surface area contributed by atoms with E-state index in [2.05, 4.69) is 98.4 Å². The minimum absolute atomic E-state index is 0.0378. The molecule has 2 N–H and O–H groups in total. The first-order chi connectivity index (χ1) is 14.9. The van der Waals surface area contributed by atoms with Crippen LogP contribution in [-0.2, 0) is 11.2 Å². The lowest BCUT2D eigenvalue weighted by molar-refractivity contribution is -0.116. The molecule has 1 aromatic heterocycles. The third kappa shape index (κ3) is 4.42. The lowest BCUT2D eigenvalue weighted by Crippen LogP contribution is -2.30. The van der Waals surface area contributed by atoms with Gasteiger partial charge in [-0.15, -0.1) is 0 Å². The van der Waals surface area contributed by atoms with Gasteiger partial charge in [0, 0.05) is 22.8 Å². The summed E-state index contributed by atoms with van der Waals surface area (Å²) in [5, 5.41) is 6.42. The van der Waals surface area contributed by atoms with E-state index in [0.29, 0.717) is 0 Å². The predicted octanol–water partition coefficient (Wildman–Crippen LogP) is 5.87. The molecule has 0 unspecified atom stereocenters. The smallest absolute Gasteiger partial charge is 0.260 e. The van der Waals surface area contributed by atoms with Crippen molar-refractivity contribution in [3.05, 3.63) is 87.1 Å². The Kier molecular flexibility index (Phi) is 5.96. The van der Waals surface area contributed by atoms with Gasteiger partial charge in [-0.05, 0) is 86.7 Å². The molecule has 0 saturated carbocycles. The topological polar surface area (TPSA) is 46.1 Å². The van der Waals surface area contributed by atoms with Crippen molar-refractivity contribution in [2.24, 2.45) is 0 Å². The third-order valence-corrected chi connectivity index (χ3v) is 6.78. The molecule has 1 aliphatic heterocycles. The summed E-state index contributed by atoms with van der Waals surface area (Å²) >= 11 is 1.52. The van der Waals surface area contributed by atoms with E-state index in [-0.39, 0.29) is 11.4 Å². The van der Waals surface area contributed by atoms with Crippen LogP contribution < -0.4 is 10.6 Å². The Morgan fingerprint density at radius 2 is 1.81 bits per heavy atom. The molecular weight excluding hydrogens is 402 g/mol. The highest BCUT2D eigenvalue weighted by Crippen LogP contribution is 2.32.